The molecule has 2 aliphatic rings. The van der Waals surface area contributed by atoms with Gasteiger partial charge < -0.3 is 20.0 Å². The van der Waals surface area contributed by atoms with Crippen LogP contribution in [0.1, 0.15) is 18.1 Å². The molecule has 3 aromatic rings. The number of carbonyl (C=O) groups is 2. The summed E-state index contributed by atoms with van der Waals surface area (Å²) >= 11 is 7.69. The molecule has 0 bridgehead atoms. The number of aromatic nitrogens is 2. The summed E-state index contributed by atoms with van der Waals surface area (Å²) in [6, 6.07) is 19.7. The number of benzene rings is 2. The zero-order chi connectivity index (χ0) is 30.2. The summed E-state index contributed by atoms with van der Waals surface area (Å²) < 4.78 is 0. The van der Waals surface area contributed by atoms with E-state index in [0.717, 1.165) is 30.9 Å². The Labute approximate surface area is 262 Å². The number of amides is 3. The topological polar surface area (TPSA) is 84.9 Å². The highest BCUT2D eigenvalue weighted by Crippen LogP contribution is 2.25. The summed E-state index contributed by atoms with van der Waals surface area (Å²) in [7, 11) is 0. The zero-order valence-corrected chi connectivity index (χ0v) is 26.2. The van der Waals surface area contributed by atoms with Crippen molar-refractivity contribution in [2.75, 3.05) is 68.3 Å². The van der Waals surface area contributed by atoms with Crippen LogP contribution in [-0.2, 0) is 4.79 Å². The molecule has 2 fully saturated rings. The number of nitrogens with zero attached hydrogens (tertiary/aromatic N) is 6. The van der Waals surface area contributed by atoms with E-state index in [9.17, 15) is 9.59 Å². The maximum absolute atomic E-state index is 13.0. The van der Waals surface area contributed by atoms with Gasteiger partial charge in [0.1, 0.15) is 11.0 Å². The van der Waals surface area contributed by atoms with Crippen LogP contribution in [0.4, 0.5) is 16.3 Å². The number of urea groups is 1. The van der Waals surface area contributed by atoms with Crippen LogP contribution in [0.3, 0.4) is 0 Å². The first kappa shape index (κ1) is 30.8. The summed E-state index contributed by atoms with van der Waals surface area (Å²) in [5, 5.41) is 3.82. The molecule has 1 aromatic heterocycles. The molecular formula is C32H38ClN7O2S. The second kappa shape index (κ2) is 14.7. The van der Waals surface area contributed by atoms with Gasteiger partial charge in [-0.2, -0.15) is 0 Å². The highest BCUT2D eigenvalue weighted by Gasteiger charge is 2.29. The van der Waals surface area contributed by atoms with Gasteiger partial charge in [0.25, 0.3) is 0 Å². The molecule has 3 heterocycles. The van der Waals surface area contributed by atoms with Crippen LogP contribution in [0.15, 0.2) is 71.9 Å². The third kappa shape index (κ3) is 8.72. The average Bonchev–Trinajstić information content (AvgIpc) is 3.00. The standard InChI is InChI=1S/C32H38ClN7O2S/c1-24-8-6-12-27(20-24)34-32(42)40-19-18-39(22-25(40)2)29-21-28(33)35-31(36-29)43-23-30(41)38-16-14-37(15-17-38)13-7-11-26-9-4-3-5-10-26/h3-12,20-21,25H,13-19,22-23H2,1-2H3,(H,34,42)/b11-7+. The maximum atomic E-state index is 13.0. The minimum Gasteiger partial charge on any atom is -0.353 e. The second-order valence-corrected chi connectivity index (χ2v) is 12.2. The highest BCUT2D eigenvalue weighted by atomic mass is 35.5. The number of anilines is 2. The fourth-order valence-corrected chi connectivity index (χ4v) is 6.28. The van der Waals surface area contributed by atoms with Crippen molar-refractivity contribution in [1.29, 1.82) is 0 Å². The molecule has 2 saturated heterocycles. The zero-order valence-electron chi connectivity index (χ0n) is 24.7. The number of piperazine rings is 2. The predicted octanol–water partition coefficient (Wildman–Crippen LogP) is 5.13. The van der Waals surface area contributed by atoms with Gasteiger partial charge >= 0.3 is 6.03 Å². The Balaban J connectivity index is 1.08. The SMILES string of the molecule is Cc1cccc(NC(=O)N2CCN(c3cc(Cl)nc(SCC(=O)N4CCN(C/C=C/c5ccccc5)CC4)n3)CC2C)c1. The first-order valence-corrected chi connectivity index (χ1v) is 16.0. The van der Waals surface area contributed by atoms with Crippen molar-refractivity contribution in [3.05, 3.63) is 83.0 Å². The molecule has 5 rings (SSSR count). The summed E-state index contributed by atoms with van der Waals surface area (Å²) in [4.78, 5) is 43.2. The molecule has 0 aliphatic carbocycles. The quantitative estimate of drug-likeness (QED) is 0.213. The molecule has 1 atom stereocenters. The molecule has 2 aliphatic heterocycles. The lowest BCUT2D eigenvalue weighted by molar-refractivity contribution is -0.130. The molecule has 43 heavy (non-hydrogen) atoms. The number of hydrogen-bond acceptors (Lipinski definition) is 7. The Morgan fingerprint density at radius 1 is 1.00 bits per heavy atom. The minimum atomic E-state index is -0.113. The van der Waals surface area contributed by atoms with Crippen molar-refractivity contribution in [2.24, 2.45) is 0 Å². The van der Waals surface area contributed by atoms with Crippen molar-refractivity contribution in [3.8, 4) is 0 Å². The van der Waals surface area contributed by atoms with E-state index < -0.39 is 0 Å². The molecule has 0 radical (unpaired) electrons. The molecule has 1 N–H and O–H groups in total. The Morgan fingerprint density at radius 2 is 1.79 bits per heavy atom. The molecule has 2 aromatic carbocycles. The second-order valence-electron chi connectivity index (χ2n) is 10.9. The van der Waals surface area contributed by atoms with Crippen molar-refractivity contribution in [1.82, 2.24) is 24.7 Å². The summed E-state index contributed by atoms with van der Waals surface area (Å²) in [6.07, 6.45) is 4.31. The molecule has 0 saturated carbocycles. The highest BCUT2D eigenvalue weighted by molar-refractivity contribution is 7.99. The molecule has 3 amide bonds. The smallest absolute Gasteiger partial charge is 0.322 e. The van der Waals surface area contributed by atoms with Gasteiger partial charge in [0, 0.05) is 70.2 Å². The van der Waals surface area contributed by atoms with E-state index in [-0.39, 0.29) is 23.7 Å². The van der Waals surface area contributed by atoms with Crippen molar-refractivity contribution >= 4 is 52.9 Å². The van der Waals surface area contributed by atoms with Crippen LogP contribution in [0, 0.1) is 6.92 Å². The van der Waals surface area contributed by atoms with Gasteiger partial charge in [0.05, 0.1) is 5.75 Å². The number of thioether (sulfide) groups is 1. The van der Waals surface area contributed by atoms with Gasteiger partial charge in [-0.05, 0) is 37.1 Å². The lowest BCUT2D eigenvalue weighted by atomic mass is 10.2. The summed E-state index contributed by atoms with van der Waals surface area (Å²) in [6.45, 7) is 9.79. The van der Waals surface area contributed by atoms with E-state index >= 15 is 0 Å². The third-order valence-electron chi connectivity index (χ3n) is 7.67. The number of carbonyl (C=O) groups excluding carboxylic acids is 2. The van der Waals surface area contributed by atoms with Crippen LogP contribution < -0.4 is 10.2 Å². The number of hydrogen-bond donors (Lipinski definition) is 1. The van der Waals surface area contributed by atoms with Gasteiger partial charge in [-0.15, -0.1) is 0 Å². The monoisotopic (exact) mass is 619 g/mol. The normalized spacial score (nSPS) is 17.8. The molecule has 226 valence electrons. The summed E-state index contributed by atoms with van der Waals surface area (Å²) in [5.74, 6) is 1.05. The number of rotatable bonds is 8. The van der Waals surface area contributed by atoms with Crippen LogP contribution >= 0.6 is 23.4 Å². The largest absolute Gasteiger partial charge is 0.353 e. The molecule has 1 unspecified atom stereocenters. The molecular weight excluding hydrogens is 582 g/mol. The first-order valence-electron chi connectivity index (χ1n) is 14.6. The number of nitrogens with one attached hydrogen (secondary N) is 1. The van der Waals surface area contributed by atoms with Crippen LogP contribution in [0.2, 0.25) is 5.15 Å². The van der Waals surface area contributed by atoms with Crippen molar-refractivity contribution < 1.29 is 9.59 Å². The van der Waals surface area contributed by atoms with Crippen molar-refractivity contribution in [3.63, 3.8) is 0 Å². The Morgan fingerprint density at radius 3 is 2.53 bits per heavy atom. The lowest BCUT2D eigenvalue weighted by Gasteiger charge is -2.40. The third-order valence-corrected chi connectivity index (χ3v) is 8.69. The van der Waals surface area contributed by atoms with Crippen LogP contribution in [0.25, 0.3) is 6.08 Å². The fraction of sp³-hybridized carbons (Fsp3) is 0.375. The average molecular weight is 620 g/mol. The molecule has 11 heteroatoms. The van der Waals surface area contributed by atoms with E-state index in [1.165, 1.54) is 17.3 Å². The number of aryl methyl sites for hydroxylation is 1. The van der Waals surface area contributed by atoms with E-state index in [2.05, 4.69) is 44.4 Å². The first-order chi connectivity index (χ1) is 20.8. The Bertz CT molecular complexity index is 1430. The maximum Gasteiger partial charge on any atom is 0.322 e. The Hall–Kier alpha value is -3.60. The van der Waals surface area contributed by atoms with Gasteiger partial charge in [-0.25, -0.2) is 14.8 Å². The van der Waals surface area contributed by atoms with E-state index in [0.29, 0.717) is 48.9 Å². The van der Waals surface area contributed by atoms with Gasteiger partial charge in [0.2, 0.25) is 5.91 Å². The minimum absolute atomic E-state index is 0.0301. The number of halogens is 1. The van der Waals surface area contributed by atoms with Gasteiger partial charge in [-0.3, -0.25) is 9.69 Å². The van der Waals surface area contributed by atoms with Crippen molar-refractivity contribution in [2.45, 2.75) is 25.0 Å². The van der Waals surface area contributed by atoms with E-state index in [1.807, 2.05) is 66.1 Å². The molecule has 9 nitrogen and oxygen atoms in total. The fourth-order valence-electron chi connectivity index (χ4n) is 5.30. The van der Waals surface area contributed by atoms with Gasteiger partial charge in [-0.1, -0.05) is 78.0 Å². The van der Waals surface area contributed by atoms with E-state index in [1.54, 1.807) is 6.07 Å². The van der Waals surface area contributed by atoms with E-state index in [4.69, 9.17) is 16.6 Å². The lowest BCUT2D eigenvalue weighted by Crippen LogP contribution is -2.55. The summed E-state index contributed by atoms with van der Waals surface area (Å²) in [5.41, 5.74) is 3.08. The van der Waals surface area contributed by atoms with Crippen LogP contribution in [0.5, 0.6) is 0 Å². The Kier molecular flexibility index (Phi) is 10.6. The van der Waals surface area contributed by atoms with Crippen LogP contribution in [-0.4, -0.2) is 101 Å². The molecule has 0 spiro atoms. The predicted molar refractivity (Wildman–Crippen MR) is 175 cm³/mol. The van der Waals surface area contributed by atoms with Gasteiger partial charge in [0.15, 0.2) is 5.16 Å².